The standard InChI is InChI=1S/C20H36N2O5/c1-4-18(23)21-13-11-9-7-5-6-8-10-12-14-27-20(26)22-17(19(24)25)15-16(2)3/h4,16-17H,1,5-15H2,2-3H3,(H,21,23)(H,22,26)(H,24,25)/t17-/m0/s1. The number of carboxylic acid groups (broad SMARTS) is 1. The molecule has 0 aromatic rings. The van der Waals surface area contributed by atoms with E-state index in [1.165, 1.54) is 6.08 Å². The molecule has 0 aromatic heterocycles. The Morgan fingerprint density at radius 1 is 1.00 bits per heavy atom. The van der Waals surface area contributed by atoms with E-state index < -0.39 is 18.1 Å². The lowest BCUT2D eigenvalue weighted by molar-refractivity contribution is -0.139. The van der Waals surface area contributed by atoms with Gasteiger partial charge in [0.05, 0.1) is 6.61 Å². The molecule has 0 saturated heterocycles. The topological polar surface area (TPSA) is 105 Å². The summed E-state index contributed by atoms with van der Waals surface area (Å²) < 4.78 is 5.05. The smallest absolute Gasteiger partial charge is 0.407 e. The van der Waals surface area contributed by atoms with Crippen molar-refractivity contribution in [2.75, 3.05) is 13.2 Å². The fourth-order valence-corrected chi connectivity index (χ4v) is 2.61. The van der Waals surface area contributed by atoms with Crippen LogP contribution in [0.5, 0.6) is 0 Å². The fraction of sp³-hybridized carbons (Fsp3) is 0.750. The van der Waals surface area contributed by atoms with Gasteiger partial charge in [-0.1, -0.05) is 59.0 Å². The average Bonchev–Trinajstić information content (AvgIpc) is 2.61. The molecule has 0 aliphatic heterocycles. The van der Waals surface area contributed by atoms with Gasteiger partial charge in [0.15, 0.2) is 0 Å². The second-order valence-electron chi connectivity index (χ2n) is 7.12. The van der Waals surface area contributed by atoms with Crippen LogP contribution in [0.4, 0.5) is 4.79 Å². The Hall–Kier alpha value is -2.05. The van der Waals surface area contributed by atoms with Crippen molar-refractivity contribution in [3.05, 3.63) is 12.7 Å². The molecule has 2 amide bonds. The van der Waals surface area contributed by atoms with Crippen LogP contribution in [0.15, 0.2) is 12.7 Å². The van der Waals surface area contributed by atoms with Gasteiger partial charge >= 0.3 is 12.1 Å². The van der Waals surface area contributed by atoms with Crippen LogP contribution < -0.4 is 10.6 Å². The Morgan fingerprint density at radius 2 is 1.56 bits per heavy atom. The molecule has 156 valence electrons. The van der Waals surface area contributed by atoms with Crippen LogP contribution in [-0.4, -0.2) is 42.3 Å². The van der Waals surface area contributed by atoms with E-state index in [2.05, 4.69) is 17.2 Å². The van der Waals surface area contributed by atoms with Gasteiger partial charge in [-0.3, -0.25) is 4.79 Å². The second-order valence-corrected chi connectivity index (χ2v) is 7.12. The van der Waals surface area contributed by atoms with Crippen molar-refractivity contribution < 1.29 is 24.2 Å². The molecule has 0 heterocycles. The Kier molecular flexibility index (Phi) is 14.9. The average molecular weight is 385 g/mol. The summed E-state index contributed by atoms with van der Waals surface area (Å²) in [5, 5.41) is 14.2. The summed E-state index contributed by atoms with van der Waals surface area (Å²) in [5.41, 5.74) is 0. The quantitative estimate of drug-likeness (QED) is 0.278. The summed E-state index contributed by atoms with van der Waals surface area (Å²) in [7, 11) is 0. The molecule has 1 atom stereocenters. The van der Waals surface area contributed by atoms with Crippen molar-refractivity contribution in [1.29, 1.82) is 0 Å². The minimum absolute atomic E-state index is 0.121. The molecule has 0 spiro atoms. The minimum Gasteiger partial charge on any atom is -0.480 e. The first-order chi connectivity index (χ1) is 12.9. The van der Waals surface area contributed by atoms with Crippen molar-refractivity contribution in [3.8, 4) is 0 Å². The lowest BCUT2D eigenvalue weighted by Gasteiger charge is -2.16. The number of rotatable bonds is 16. The zero-order chi connectivity index (χ0) is 20.5. The normalized spacial score (nSPS) is 11.7. The van der Waals surface area contributed by atoms with Gasteiger partial charge in [0.25, 0.3) is 0 Å². The molecule has 0 rings (SSSR count). The third kappa shape index (κ3) is 15.9. The number of nitrogens with one attached hydrogen (secondary N) is 2. The molecule has 0 aliphatic rings. The summed E-state index contributed by atoms with van der Waals surface area (Å²) in [6.45, 7) is 8.22. The third-order valence-corrected chi connectivity index (χ3v) is 4.09. The molecule has 3 N–H and O–H groups in total. The van der Waals surface area contributed by atoms with Crippen LogP contribution in [-0.2, 0) is 14.3 Å². The third-order valence-electron chi connectivity index (χ3n) is 4.09. The second kappa shape index (κ2) is 16.1. The van der Waals surface area contributed by atoms with E-state index in [0.717, 1.165) is 51.4 Å². The number of aliphatic carboxylic acids is 1. The monoisotopic (exact) mass is 384 g/mol. The number of hydrogen-bond donors (Lipinski definition) is 3. The predicted octanol–water partition coefficient (Wildman–Crippen LogP) is 3.63. The zero-order valence-corrected chi connectivity index (χ0v) is 16.8. The zero-order valence-electron chi connectivity index (χ0n) is 16.8. The number of carboxylic acids is 1. The first kappa shape index (κ1) is 24.9. The summed E-state index contributed by atoms with van der Waals surface area (Å²) in [6, 6.07) is -0.900. The van der Waals surface area contributed by atoms with E-state index in [1.807, 2.05) is 13.8 Å². The first-order valence-corrected chi connectivity index (χ1v) is 9.93. The van der Waals surface area contributed by atoms with Crippen LogP contribution in [0.1, 0.15) is 71.6 Å². The summed E-state index contributed by atoms with van der Waals surface area (Å²) >= 11 is 0. The summed E-state index contributed by atoms with van der Waals surface area (Å²) in [4.78, 5) is 33.7. The van der Waals surface area contributed by atoms with Crippen molar-refractivity contribution in [2.24, 2.45) is 5.92 Å². The molecular weight excluding hydrogens is 348 g/mol. The van der Waals surface area contributed by atoms with Crippen molar-refractivity contribution in [1.82, 2.24) is 10.6 Å². The van der Waals surface area contributed by atoms with Crippen molar-refractivity contribution >= 4 is 18.0 Å². The molecule has 0 saturated carbocycles. The van der Waals surface area contributed by atoms with Gasteiger partial charge in [-0.15, -0.1) is 0 Å². The van der Waals surface area contributed by atoms with Gasteiger partial charge < -0.3 is 20.5 Å². The van der Waals surface area contributed by atoms with Crippen molar-refractivity contribution in [2.45, 2.75) is 77.7 Å². The number of amides is 2. The molecule has 0 unspecified atom stereocenters. The number of alkyl carbamates (subject to hydrolysis) is 1. The first-order valence-electron chi connectivity index (χ1n) is 9.93. The predicted molar refractivity (Wildman–Crippen MR) is 106 cm³/mol. The lowest BCUT2D eigenvalue weighted by atomic mass is 10.0. The maximum atomic E-state index is 11.6. The Balaban J connectivity index is 3.50. The molecule has 27 heavy (non-hydrogen) atoms. The molecule has 0 radical (unpaired) electrons. The van der Waals surface area contributed by atoms with Gasteiger partial charge in [-0.2, -0.15) is 0 Å². The van der Waals surface area contributed by atoms with E-state index in [-0.39, 0.29) is 11.8 Å². The van der Waals surface area contributed by atoms with Gasteiger partial charge in [-0.05, 0) is 31.3 Å². The molecule has 7 nitrogen and oxygen atoms in total. The number of carbonyl (C=O) groups excluding carboxylic acids is 2. The Bertz CT molecular complexity index is 452. The highest BCUT2D eigenvalue weighted by molar-refractivity contribution is 5.86. The molecule has 0 fully saturated rings. The highest BCUT2D eigenvalue weighted by Crippen LogP contribution is 2.09. The largest absolute Gasteiger partial charge is 0.480 e. The van der Waals surface area contributed by atoms with E-state index in [0.29, 0.717) is 19.6 Å². The number of unbranched alkanes of at least 4 members (excludes halogenated alkanes) is 7. The van der Waals surface area contributed by atoms with Crippen LogP contribution >= 0.6 is 0 Å². The molecule has 0 aromatic carbocycles. The molecule has 0 bridgehead atoms. The SMILES string of the molecule is C=CC(=O)NCCCCCCCCCCOC(=O)N[C@@H](CC(C)C)C(=O)O. The van der Waals surface area contributed by atoms with Crippen LogP contribution in [0, 0.1) is 5.92 Å². The molecule has 7 heteroatoms. The maximum Gasteiger partial charge on any atom is 0.407 e. The minimum atomic E-state index is -1.04. The van der Waals surface area contributed by atoms with Crippen LogP contribution in [0.3, 0.4) is 0 Å². The van der Waals surface area contributed by atoms with Gasteiger partial charge in [0.1, 0.15) is 6.04 Å². The molecule has 0 aliphatic carbocycles. The van der Waals surface area contributed by atoms with Gasteiger partial charge in [-0.25, -0.2) is 9.59 Å². The lowest BCUT2D eigenvalue weighted by Crippen LogP contribution is -2.42. The fourth-order valence-electron chi connectivity index (χ4n) is 2.61. The van der Waals surface area contributed by atoms with Gasteiger partial charge in [0, 0.05) is 6.54 Å². The Morgan fingerprint density at radius 3 is 2.07 bits per heavy atom. The maximum absolute atomic E-state index is 11.6. The summed E-state index contributed by atoms with van der Waals surface area (Å²) in [6.07, 6.45) is 9.38. The Labute approximate surface area is 162 Å². The summed E-state index contributed by atoms with van der Waals surface area (Å²) in [5.74, 6) is -0.981. The van der Waals surface area contributed by atoms with Crippen LogP contribution in [0.25, 0.3) is 0 Å². The number of ether oxygens (including phenoxy) is 1. The van der Waals surface area contributed by atoms with E-state index in [9.17, 15) is 14.4 Å². The van der Waals surface area contributed by atoms with E-state index >= 15 is 0 Å². The van der Waals surface area contributed by atoms with E-state index in [4.69, 9.17) is 9.84 Å². The highest BCUT2D eigenvalue weighted by atomic mass is 16.5. The van der Waals surface area contributed by atoms with Gasteiger partial charge in [0.2, 0.25) is 5.91 Å². The molecular formula is C20H36N2O5. The number of carbonyl (C=O) groups is 3. The highest BCUT2D eigenvalue weighted by Gasteiger charge is 2.21. The number of hydrogen-bond acceptors (Lipinski definition) is 4. The van der Waals surface area contributed by atoms with Crippen LogP contribution in [0.2, 0.25) is 0 Å². The van der Waals surface area contributed by atoms with E-state index in [1.54, 1.807) is 0 Å². The van der Waals surface area contributed by atoms with Crippen molar-refractivity contribution in [3.63, 3.8) is 0 Å².